The average molecular weight is 478 g/mol. The van der Waals surface area contributed by atoms with E-state index in [9.17, 15) is 9.59 Å². The molecule has 0 saturated carbocycles. The Morgan fingerprint density at radius 1 is 0.794 bits per heavy atom. The molecule has 1 aromatic heterocycles. The van der Waals surface area contributed by atoms with Crippen LogP contribution in [-0.4, -0.2) is 53.0 Å². The lowest BCUT2D eigenvalue weighted by molar-refractivity contribution is -0.670. The fourth-order valence-corrected chi connectivity index (χ4v) is 3.95. The average Bonchev–Trinajstić information content (AvgIpc) is 3.49. The number of carbonyl (C=O) groups excluding carboxylic acids is 2. The molecule has 2 heterocycles. The number of amides is 1. The van der Waals surface area contributed by atoms with Crippen LogP contribution in [0.5, 0.6) is 0 Å². The summed E-state index contributed by atoms with van der Waals surface area (Å²) in [5, 5.41) is 0. The monoisotopic (exact) mass is 477 g/mol. The van der Waals surface area contributed by atoms with Crippen LogP contribution < -0.4 is 4.57 Å². The molecule has 0 spiro atoms. The number of rotatable bonds is 17. The second kappa shape index (κ2) is 17.0. The summed E-state index contributed by atoms with van der Waals surface area (Å²) >= 11 is 0. The van der Waals surface area contributed by atoms with Crippen LogP contribution in [0.3, 0.4) is 0 Å². The van der Waals surface area contributed by atoms with Gasteiger partial charge in [-0.3, -0.25) is 4.90 Å². The first-order valence-corrected chi connectivity index (χ1v) is 13.2. The fraction of sp³-hybridized carbons (Fsp3) is 0.731. The molecular formula is C26H45N4O4+. The van der Waals surface area contributed by atoms with Gasteiger partial charge in [-0.25, -0.2) is 9.36 Å². The predicted octanol–water partition coefficient (Wildman–Crippen LogP) is 5.57. The van der Waals surface area contributed by atoms with Crippen molar-refractivity contribution >= 4 is 12.2 Å². The molecule has 0 saturated heterocycles. The van der Waals surface area contributed by atoms with Crippen molar-refractivity contribution in [3.8, 4) is 0 Å². The van der Waals surface area contributed by atoms with Gasteiger partial charge in [0.25, 0.3) is 6.33 Å². The molecule has 8 nitrogen and oxygen atoms in total. The van der Waals surface area contributed by atoms with E-state index in [1.54, 1.807) is 34.4 Å². The van der Waals surface area contributed by atoms with E-state index in [-0.39, 0.29) is 6.09 Å². The number of unbranched alkanes of at least 4 members (excludes halogenated alkanes) is 11. The maximum absolute atomic E-state index is 12.2. The zero-order chi connectivity index (χ0) is 24.4. The zero-order valence-corrected chi connectivity index (χ0v) is 21.3. The summed E-state index contributed by atoms with van der Waals surface area (Å²) in [6.45, 7) is 4.41. The summed E-state index contributed by atoms with van der Waals surface area (Å²) in [5.41, 5.74) is 0. The van der Waals surface area contributed by atoms with Gasteiger partial charge in [0.2, 0.25) is 0 Å². The van der Waals surface area contributed by atoms with Crippen LogP contribution in [0.25, 0.3) is 0 Å². The van der Waals surface area contributed by atoms with Crippen molar-refractivity contribution in [1.29, 1.82) is 0 Å². The molecular weight excluding hydrogens is 432 g/mol. The first-order valence-electron chi connectivity index (χ1n) is 13.2. The third-order valence-electron chi connectivity index (χ3n) is 6.04. The standard InChI is InChI=1S/C26H45N4O4/c1-3-4-5-6-7-8-9-10-11-12-13-16-28-18-20-30(24-28)26(32)34-22-15-14-21-33-25(31)29-19-17-27(2)23-29/h17-20,23H,3-16,21-22,24H2,1-2H3/q+1. The molecule has 1 amide bonds. The smallest absolute Gasteiger partial charge is 0.449 e. The molecule has 1 aromatic rings. The van der Waals surface area contributed by atoms with E-state index >= 15 is 0 Å². The Balaban J connectivity index is 1.40. The minimum absolute atomic E-state index is 0.300. The van der Waals surface area contributed by atoms with Gasteiger partial charge >= 0.3 is 12.2 Å². The van der Waals surface area contributed by atoms with E-state index in [1.807, 2.05) is 13.2 Å². The molecule has 0 unspecified atom stereocenters. The molecule has 0 N–H and O–H groups in total. The number of carbonyl (C=O) groups is 2. The summed E-state index contributed by atoms with van der Waals surface area (Å²) in [6, 6.07) is 0. The Hall–Kier alpha value is -2.51. The second-order valence-corrected chi connectivity index (χ2v) is 9.18. The first kappa shape index (κ1) is 27.7. The second-order valence-electron chi connectivity index (χ2n) is 9.18. The van der Waals surface area contributed by atoms with E-state index in [2.05, 4.69) is 11.8 Å². The van der Waals surface area contributed by atoms with Crippen LogP contribution in [0.15, 0.2) is 31.1 Å². The topological polar surface area (TPSA) is 67.9 Å². The molecule has 0 aliphatic carbocycles. The van der Waals surface area contributed by atoms with Gasteiger partial charge in [0, 0.05) is 18.9 Å². The SMILES string of the molecule is CCCCCCCCCCCCCN1C=CN(C(=O)OCCCCOC(=O)n2cc[n+](C)c2)C1. The highest BCUT2D eigenvalue weighted by Crippen LogP contribution is 2.13. The van der Waals surface area contributed by atoms with Gasteiger partial charge in [-0.15, -0.1) is 4.57 Å². The molecule has 2 rings (SSSR count). The molecule has 34 heavy (non-hydrogen) atoms. The van der Waals surface area contributed by atoms with Crippen molar-refractivity contribution in [3.05, 3.63) is 31.1 Å². The van der Waals surface area contributed by atoms with Gasteiger partial charge < -0.3 is 14.4 Å². The fourth-order valence-electron chi connectivity index (χ4n) is 3.95. The maximum atomic E-state index is 12.2. The highest BCUT2D eigenvalue weighted by Gasteiger charge is 2.19. The van der Waals surface area contributed by atoms with Crippen molar-refractivity contribution in [2.24, 2.45) is 7.05 Å². The number of aromatic nitrogens is 2. The van der Waals surface area contributed by atoms with Crippen LogP contribution >= 0.6 is 0 Å². The Bertz CT molecular complexity index is 734. The summed E-state index contributed by atoms with van der Waals surface area (Å²) in [7, 11) is 1.84. The van der Waals surface area contributed by atoms with Crippen LogP contribution in [-0.2, 0) is 16.5 Å². The Labute approximate surface area is 205 Å². The number of hydrogen-bond acceptors (Lipinski definition) is 5. The first-order chi connectivity index (χ1) is 16.6. The number of aryl methyl sites for hydroxylation is 1. The molecule has 8 heteroatoms. The highest BCUT2D eigenvalue weighted by atomic mass is 16.6. The number of nitrogens with zero attached hydrogens (tertiary/aromatic N) is 4. The largest absolute Gasteiger partial charge is 0.511 e. The van der Waals surface area contributed by atoms with Gasteiger partial charge in [0.1, 0.15) is 19.1 Å². The van der Waals surface area contributed by atoms with Crippen LogP contribution in [0.1, 0.15) is 90.4 Å². The molecule has 1 aliphatic rings. The van der Waals surface area contributed by atoms with E-state index in [0.29, 0.717) is 32.7 Å². The molecule has 0 radical (unpaired) electrons. The molecule has 0 aromatic carbocycles. The lowest BCUT2D eigenvalue weighted by Crippen LogP contribution is -2.31. The molecule has 192 valence electrons. The predicted molar refractivity (Wildman–Crippen MR) is 132 cm³/mol. The van der Waals surface area contributed by atoms with Crippen LogP contribution in [0.4, 0.5) is 9.59 Å². The van der Waals surface area contributed by atoms with Crippen molar-refractivity contribution in [2.75, 3.05) is 26.4 Å². The van der Waals surface area contributed by atoms with Crippen molar-refractivity contribution in [2.45, 2.75) is 90.4 Å². The van der Waals surface area contributed by atoms with E-state index in [0.717, 1.165) is 13.0 Å². The molecule has 0 bridgehead atoms. The van der Waals surface area contributed by atoms with E-state index in [4.69, 9.17) is 9.47 Å². The lowest BCUT2D eigenvalue weighted by Gasteiger charge is -2.19. The third kappa shape index (κ3) is 11.6. The highest BCUT2D eigenvalue weighted by molar-refractivity contribution is 5.69. The number of hydrogen-bond donors (Lipinski definition) is 0. The third-order valence-corrected chi connectivity index (χ3v) is 6.04. The van der Waals surface area contributed by atoms with E-state index in [1.165, 1.54) is 68.8 Å². The molecule has 1 aliphatic heterocycles. The van der Waals surface area contributed by atoms with Crippen molar-refractivity contribution < 1.29 is 23.6 Å². The van der Waals surface area contributed by atoms with Gasteiger partial charge in [0.15, 0.2) is 0 Å². The number of imidazole rings is 1. The van der Waals surface area contributed by atoms with E-state index < -0.39 is 6.09 Å². The summed E-state index contributed by atoms with van der Waals surface area (Å²) in [6.07, 6.45) is 24.1. The summed E-state index contributed by atoms with van der Waals surface area (Å²) in [4.78, 5) is 27.8. The Kier molecular flexibility index (Phi) is 13.9. The van der Waals surface area contributed by atoms with Gasteiger partial charge in [-0.05, 0) is 19.3 Å². The Morgan fingerprint density at radius 3 is 1.97 bits per heavy atom. The van der Waals surface area contributed by atoms with Crippen molar-refractivity contribution in [3.63, 3.8) is 0 Å². The quantitative estimate of drug-likeness (QED) is 0.217. The van der Waals surface area contributed by atoms with Gasteiger partial charge in [-0.2, -0.15) is 4.79 Å². The van der Waals surface area contributed by atoms with Crippen molar-refractivity contribution in [1.82, 2.24) is 14.4 Å². The molecule has 0 atom stereocenters. The normalized spacial score (nSPS) is 13.0. The maximum Gasteiger partial charge on any atom is 0.511 e. The summed E-state index contributed by atoms with van der Waals surface area (Å²) in [5.74, 6) is 0. The number of ether oxygens (including phenoxy) is 2. The van der Waals surface area contributed by atoms with Gasteiger partial charge in [0.05, 0.1) is 20.3 Å². The lowest BCUT2D eigenvalue weighted by atomic mass is 10.1. The van der Waals surface area contributed by atoms with Crippen LogP contribution in [0, 0.1) is 0 Å². The minimum Gasteiger partial charge on any atom is -0.449 e. The Morgan fingerprint density at radius 2 is 1.38 bits per heavy atom. The minimum atomic E-state index is -0.405. The zero-order valence-electron chi connectivity index (χ0n) is 21.3. The summed E-state index contributed by atoms with van der Waals surface area (Å²) < 4.78 is 13.7. The molecule has 0 fully saturated rings. The van der Waals surface area contributed by atoms with Gasteiger partial charge in [-0.1, -0.05) is 71.1 Å². The van der Waals surface area contributed by atoms with Crippen LogP contribution in [0.2, 0.25) is 0 Å².